The Kier molecular flexibility index (Phi) is 3.58. The highest BCUT2D eigenvalue weighted by Gasteiger charge is 2.44. The van der Waals surface area contributed by atoms with E-state index in [4.69, 9.17) is 11.6 Å². The molecule has 72 valence electrons. The van der Waals surface area contributed by atoms with Gasteiger partial charge in [0.25, 0.3) is 8.32 Å². The highest BCUT2D eigenvalue weighted by molar-refractivity contribution is 6.78. The van der Waals surface area contributed by atoms with E-state index in [0.717, 1.165) is 0 Å². The van der Waals surface area contributed by atoms with Crippen LogP contribution in [0.1, 0.15) is 0 Å². The number of hydrogen-bond acceptors (Lipinski definition) is 2. The Morgan fingerprint density at radius 1 is 1.50 bits per heavy atom. The van der Waals surface area contributed by atoms with E-state index in [1.165, 1.54) is 13.1 Å². The molecule has 0 aromatic carbocycles. The summed E-state index contributed by atoms with van der Waals surface area (Å²) in [4.78, 5) is 10.3. The number of rotatable bonds is 2. The van der Waals surface area contributed by atoms with Crippen LogP contribution >= 0.6 is 11.6 Å². The predicted molar refractivity (Wildman–Crippen MR) is 40.3 cm³/mol. The molecule has 0 unspecified atom stereocenters. The number of carbonyl (C=O) groups is 1. The first-order chi connectivity index (χ1) is 5.19. The van der Waals surface area contributed by atoms with Crippen LogP contribution in [0.3, 0.4) is 0 Å². The molecule has 0 amide bonds. The molecule has 0 saturated carbocycles. The number of carbonyl (C=O) groups excluding carboxylic acids is 1. The molecule has 0 N–H and O–H groups in total. The minimum absolute atomic E-state index is 0.0468. The van der Waals surface area contributed by atoms with Crippen LogP contribution in [0.4, 0.5) is 13.2 Å². The summed E-state index contributed by atoms with van der Waals surface area (Å²) in [5.74, 6) is -2.15. The van der Waals surface area contributed by atoms with Gasteiger partial charge in [-0.15, -0.1) is 11.6 Å². The van der Waals surface area contributed by atoms with Crippen LogP contribution in [0.5, 0.6) is 0 Å². The lowest BCUT2D eigenvalue weighted by Crippen LogP contribution is -2.41. The van der Waals surface area contributed by atoms with Crippen molar-refractivity contribution in [3.63, 3.8) is 0 Å². The number of alkyl halides is 4. The van der Waals surface area contributed by atoms with Gasteiger partial charge in [-0.3, -0.25) is 0 Å². The molecule has 0 aromatic heterocycles. The summed E-state index contributed by atoms with van der Waals surface area (Å²) in [6.45, 7) is 2.87. The van der Waals surface area contributed by atoms with Crippen LogP contribution in [0.25, 0.3) is 0 Å². The van der Waals surface area contributed by atoms with E-state index in [2.05, 4.69) is 4.43 Å². The Morgan fingerprint density at radius 3 is 2.17 bits per heavy atom. The van der Waals surface area contributed by atoms with Crippen LogP contribution in [0, 0.1) is 0 Å². The second-order valence-electron chi connectivity index (χ2n) is 2.78. The molecule has 0 aliphatic carbocycles. The summed E-state index contributed by atoms with van der Waals surface area (Å²) in [7, 11) is -2.65. The van der Waals surface area contributed by atoms with Crippen molar-refractivity contribution in [2.45, 2.75) is 19.3 Å². The van der Waals surface area contributed by atoms with E-state index in [0.29, 0.717) is 0 Å². The molecule has 0 fully saturated rings. The quantitative estimate of drug-likeness (QED) is 0.526. The van der Waals surface area contributed by atoms with E-state index < -0.39 is 20.5 Å². The molecule has 0 saturated heterocycles. The summed E-state index contributed by atoms with van der Waals surface area (Å²) in [5, 5.41) is 0. The van der Waals surface area contributed by atoms with Gasteiger partial charge in [-0.2, -0.15) is 13.2 Å². The van der Waals surface area contributed by atoms with E-state index in [-0.39, 0.29) is 5.50 Å². The minimum atomic E-state index is -4.92. The van der Waals surface area contributed by atoms with Gasteiger partial charge in [0, 0.05) is 0 Å². The van der Waals surface area contributed by atoms with E-state index in [9.17, 15) is 18.0 Å². The largest absolute Gasteiger partial charge is 0.512 e. The van der Waals surface area contributed by atoms with Crippen LogP contribution in [0.2, 0.25) is 13.1 Å². The fourth-order valence-corrected chi connectivity index (χ4v) is 1.17. The Bertz CT molecular complexity index is 180. The second kappa shape index (κ2) is 3.65. The van der Waals surface area contributed by atoms with Crippen LogP contribution in [-0.4, -0.2) is 26.0 Å². The molecule has 0 heterocycles. The Labute approximate surface area is 73.8 Å². The second-order valence-corrected chi connectivity index (χ2v) is 7.57. The van der Waals surface area contributed by atoms with Gasteiger partial charge >= 0.3 is 12.1 Å². The smallest absolute Gasteiger partial charge is 0.489 e. The van der Waals surface area contributed by atoms with Crippen LogP contribution in [-0.2, 0) is 9.22 Å². The average molecular weight is 221 g/mol. The monoisotopic (exact) mass is 220 g/mol. The predicted octanol–water partition coefficient (Wildman–Crippen LogP) is 2.08. The number of halogens is 4. The van der Waals surface area contributed by atoms with E-state index in [1.807, 2.05) is 0 Å². The molecule has 0 aromatic rings. The fourth-order valence-electron chi connectivity index (χ4n) is 0.336. The first-order valence-corrected chi connectivity index (χ1v) is 6.70. The topological polar surface area (TPSA) is 26.3 Å². The normalized spacial score (nSPS) is 12.8. The first kappa shape index (κ1) is 11.8. The maximum absolute atomic E-state index is 11.6. The zero-order chi connectivity index (χ0) is 9.99. The van der Waals surface area contributed by atoms with Crippen molar-refractivity contribution < 1.29 is 22.4 Å². The standard InChI is InChI=1S/C5H8ClF3O2Si/c1-12(2,3-6)11-4(10)5(7,8)9/h3H2,1-2H3. The number of hydrogen-bond donors (Lipinski definition) is 0. The first-order valence-electron chi connectivity index (χ1n) is 3.05. The average Bonchev–Trinajstić information content (AvgIpc) is 1.85. The van der Waals surface area contributed by atoms with Gasteiger partial charge in [0.2, 0.25) is 0 Å². The van der Waals surface area contributed by atoms with Crippen molar-refractivity contribution in [2.24, 2.45) is 0 Å². The van der Waals surface area contributed by atoms with Crippen molar-refractivity contribution >= 4 is 25.9 Å². The lowest BCUT2D eigenvalue weighted by atomic mass is 10.7. The van der Waals surface area contributed by atoms with Crippen molar-refractivity contribution in [3.05, 3.63) is 0 Å². The zero-order valence-electron chi connectivity index (χ0n) is 6.54. The Hall–Kier alpha value is -0.233. The summed E-state index contributed by atoms with van der Waals surface area (Å²) >= 11 is 5.30. The lowest BCUT2D eigenvalue weighted by Gasteiger charge is -2.20. The maximum atomic E-state index is 11.6. The van der Waals surface area contributed by atoms with Gasteiger partial charge in [-0.05, 0) is 13.1 Å². The van der Waals surface area contributed by atoms with Crippen LogP contribution in [0.15, 0.2) is 0 Å². The highest BCUT2D eigenvalue weighted by atomic mass is 35.5. The molecule has 0 aliphatic heterocycles. The van der Waals surface area contributed by atoms with Gasteiger partial charge in [0.15, 0.2) is 0 Å². The summed E-state index contributed by atoms with van der Waals surface area (Å²) in [6.07, 6.45) is -4.92. The van der Waals surface area contributed by atoms with Crippen molar-refractivity contribution in [2.75, 3.05) is 5.50 Å². The molecular formula is C5H8ClF3O2Si. The molecular weight excluding hydrogens is 213 g/mol. The molecule has 0 bridgehead atoms. The summed E-state index contributed by atoms with van der Waals surface area (Å²) in [6, 6.07) is 0. The van der Waals surface area contributed by atoms with Gasteiger partial charge < -0.3 is 4.43 Å². The third-order valence-electron chi connectivity index (χ3n) is 0.922. The molecule has 0 atom stereocenters. The summed E-state index contributed by atoms with van der Waals surface area (Å²) < 4.78 is 39.1. The van der Waals surface area contributed by atoms with Crippen molar-refractivity contribution in [3.8, 4) is 0 Å². The molecule has 12 heavy (non-hydrogen) atoms. The molecule has 7 heteroatoms. The molecule has 0 aliphatic rings. The zero-order valence-corrected chi connectivity index (χ0v) is 8.29. The van der Waals surface area contributed by atoms with Gasteiger partial charge in [0.05, 0.1) is 5.50 Å². The SMILES string of the molecule is C[Si](C)(CCl)OC(=O)C(F)(F)F. The van der Waals surface area contributed by atoms with E-state index in [1.54, 1.807) is 0 Å². The minimum Gasteiger partial charge on any atom is -0.512 e. The lowest BCUT2D eigenvalue weighted by molar-refractivity contribution is -0.190. The molecule has 0 radical (unpaired) electrons. The van der Waals surface area contributed by atoms with Gasteiger partial charge in [-0.1, -0.05) is 0 Å². The highest BCUT2D eigenvalue weighted by Crippen LogP contribution is 2.19. The maximum Gasteiger partial charge on any atom is 0.489 e. The van der Waals surface area contributed by atoms with Gasteiger partial charge in [0.1, 0.15) is 0 Å². The van der Waals surface area contributed by atoms with Crippen LogP contribution < -0.4 is 0 Å². The summed E-state index contributed by atoms with van der Waals surface area (Å²) in [5.41, 5.74) is -0.0468. The Balaban J connectivity index is 4.20. The van der Waals surface area contributed by atoms with Crippen molar-refractivity contribution in [1.82, 2.24) is 0 Å². The third kappa shape index (κ3) is 3.96. The molecule has 0 rings (SSSR count). The molecule has 0 spiro atoms. The Morgan fingerprint density at radius 2 is 1.92 bits per heavy atom. The van der Waals surface area contributed by atoms with Crippen molar-refractivity contribution in [1.29, 1.82) is 0 Å². The third-order valence-corrected chi connectivity index (χ3v) is 4.23. The van der Waals surface area contributed by atoms with Gasteiger partial charge in [-0.25, -0.2) is 4.79 Å². The fraction of sp³-hybridized carbons (Fsp3) is 0.800. The van der Waals surface area contributed by atoms with E-state index >= 15 is 0 Å². The molecule has 2 nitrogen and oxygen atoms in total.